The molecule has 1 aromatic rings. The molecule has 0 aliphatic carbocycles. The van der Waals surface area contributed by atoms with Gasteiger partial charge >= 0.3 is 0 Å². The van der Waals surface area contributed by atoms with E-state index in [0.717, 1.165) is 57.3 Å². The van der Waals surface area contributed by atoms with E-state index in [1.54, 1.807) is 13.1 Å². The number of nitrogens with zero attached hydrogens (tertiary/aromatic N) is 3. The number of hydrogen-bond acceptors (Lipinski definition) is 4. The van der Waals surface area contributed by atoms with E-state index in [1.807, 2.05) is 6.07 Å². The van der Waals surface area contributed by atoms with E-state index < -0.39 is 0 Å². The molecule has 138 valence electrons. The van der Waals surface area contributed by atoms with Crippen molar-refractivity contribution in [1.82, 2.24) is 15.1 Å². The van der Waals surface area contributed by atoms with Gasteiger partial charge in [-0.3, -0.25) is 9.89 Å². The summed E-state index contributed by atoms with van der Waals surface area (Å²) in [5, 5.41) is 3.34. The molecule has 1 N–H and O–H groups in total. The minimum Gasteiger partial charge on any atom is -0.494 e. The van der Waals surface area contributed by atoms with Crippen LogP contribution in [0.2, 0.25) is 0 Å². The number of guanidine groups is 1. The average Bonchev–Trinajstić information content (AvgIpc) is 3.13. The van der Waals surface area contributed by atoms with Crippen LogP contribution in [-0.4, -0.2) is 75.4 Å². The van der Waals surface area contributed by atoms with Gasteiger partial charge in [-0.25, -0.2) is 4.39 Å². The number of aliphatic imine (C=N–C) groups is 1. The maximum Gasteiger partial charge on any atom is 0.193 e. The zero-order valence-corrected chi connectivity index (χ0v) is 15.0. The third kappa shape index (κ3) is 4.41. The third-order valence-corrected chi connectivity index (χ3v) is 4.90. The number of morpholine rings is 1. The first-order valence-electron chi connectivity index (χ1n) is 8.81. The standard InChI is InChI=1S/C18H27FN4O2/c1-20-18(21-12-14-3-4-17(24-2)16(19)11-14)23-6-5-15(13-23)22-7-9-25-10-8-22/h3-4,11,15H,5-10,12-13H2,1-2H3,(H,20,21). The summed E-state index contributed by atoms with van der Waals surface area (Å²) in [5.74, 6) is 0.790. The fraction of sp³-hybridized carbons (Fsp3) is 0.611. The van der Waals surface area contributed by atoms with E-state index in [-0.39, 0.29) is 11.6 Å². The van der Waals surface area contributed by atoms with Gasteiger partial charge in [0.1, 0.15) is 0 Å². The number of likely N-dealkylation sites (tertiary alicyclic amines) is 1. The van der Waals surface area contributed by atoms with Gasteiger partial charge < -0.3 is 19.7 Å². The second-order valence-electron chi connectivity index (χ2n) is 6.41. The van der Waals surface area contributed by atoms with Crippen molar-refractivity contribution in [2.45, 2.75) is 19.0 Å². The van der Waals surface area contributed by atoms with Gasteiger partial charge in [-0.2, -0.15) is 0 Å². The summed E-state index contributed by atoms with van der Waals surface area (Å²) in [7, 11) is 3.26. The predicted octanol–water partition coefficient (Wildman–Crippen LogP) is 1.32. The van der Waals surface area contributed by atoms with E-state index in [1.165, 1.54) is 13.2 Å². The maximum absolute atomic E-state index is 13.8. The topological polar surface area (TPSA) is 49.3 Å². The molecule has 0 saturated carbocycles. The smallest absolute Gasteiger partial charge is 0.193 e. The van der Waals surface area contributed by atoms with Gasteiger partial charge in [0.15, 0.2) is 17.5 Å². The summed E-state index contributed by atoms with van der Waals surface area (Å²) < 4.78 is 24.2. The van der Waals surface area contributed by atoms with Gasteiger partial charge in [0.25, 0.3) is 0 Å². The van der Waals surface area contributed by atoms with Crippen molar-refractivity contribution in [3.63, 3.8) is 0 Å². The summed E-state index contributed by atoms with van der Waals surface area (Å²) in [6.45, 7) is 6.16. The lowest BCUT2D eigenvalue weighted by Gasteiger charge is -2.32. The zero-order chi connectivity index (χ0) is 17.6. The Morgan fingerprint density at radius 3 is 2.84 bits per heavy atom. The highest BCUT2D eigenvalue weighted by Crippen LogP contribution is 2.19. The van der Waals surface area contributed by atoms with Crippen LogP contribution in [0.4, 0.5) is 4.39 Å². The molecule has 2 heterocycles. The molecule has 6 nitrogen and oxygen atoms in total. The second-order valence-corrected chi connectivity index (χ2v) is 6.41. The third-order valence-electron chi connectivity index (χ3n) is 4.90. The largest absolute Gasteiger partial charge is 0.494 e. The molecule has 0 spiro atoms. The normalized spacial score (nSPS) is 22.3. The Balaban J connectivity index is 1.53. The Hall–Kier alpha value is -1.86. The Morgan fingerprint density at radius 1 is 1.36 bits per heavy atom. The van der Waals surface area contributed by atoms with Crippen molar-refractivity contribution in [2.75, 3.05) is 53.6 Å². The predicted molar refractivity (Wildman–Crippen MR) is 95.5 cm³/mol. The first-order valence-corrected chi connectivity index (χ1v) is 8.81. The Bertz CT molecular complexity index is 605. The molecule has 2 aliphatic heterocycles. The Kier molecular flexibility index (Phi) is 6.09. The summed E-state index contributed by atoms with van der Waals surface area (Å²) in [4.78, 5) is 9.18. The summed E-state index contributed by atoms with van der Waals surface area (Å²) in [6, 6.07) is 5.57. The number of benzene rings is 1. The fourth-order valence-electron chi connectivity index (χ4n) is 3.51. The Morgan fingerprint density at radius 2 is 2.16 bits per heavy atom. The highest BCUT2D eigenvalue weighted by Gasteiger charge is 2.30. The highest BCUT2D eigenvalue weighted by atomic mass is 19.1. The van der Waals surface area contributed by atoms with Crippen molar-refractivity contribution in [3.05, 3.63) is 29.6 Å². The van der Waals surface area contributed by atoms with E-state index >= 15 is 0 Å². The van der Waals surface area contributed by atoms with Crippen molar-refractivity contribution in [3.8, 4) is 5.75 Å². The first kappa shape index (κ1) is 17.9. The molecule has 0 radical (unpaired) electrons. The van der Waals surface area contributed by atoms with Crippen molar-refractivity contribution in [2.24, 2.45) is 4.99 Å². The summed E-state index contributed by atoms with van der Waals surface area (Å²) in [5.41, 5.74) is 0.864. The van der Waals surface area contributed by atoms with Gasteiger partial charge in [-0.15, -0.1) is 0 Å². The molecule has 2 saturated heterocycles. The molecule has 25 heavy (non-hydrogen) atoms. The number of methoxy groups -OCH3 is 1. The fourth-order valence-corrected chi connectivity index (χ4v) is 3.51. The number of rotatable bonds is 4. The molecule has 7 heteroatoms. The van der Waals surface area contributed by atoms with Crippen LogP contribution in [0.1, 0.15) is 12.0 Å². The molecule has 0 bridgehead atoms. The number of halogens is 1. The average molecular weight is 350 g/mol. The van der Waals surface area contributed by atoms with E-state index in [4.69, 9.17) is 9.47 Å². The van der Waals surface area contributed by atoms with Crippen molar-refractivity contribution < 1.29 is 13.9 Å². The van der Waals surface area contributed by atoms with Crippen LogP contribution in [0, 0.1) is 5.82 Å². The van der Waals surface area contributed by atoms with Gasteiger partial charge in [-0.05, 0) is 24.1 Å². The maximum atomic E-state index is 13.8. The van der Waals surface area contributed by atoms with Gasteiger partial charge in [0, 0.05) is 45.8 Å². The molecule has 0 aromatic heterocycles. The first-order chi connectivity index (χ1) is 12.2. The van der Waals surface area contributed by atoms with Crippen LogP contribution in [0.3, 0.4) is 0 Å². The number of nitrogens with one attached hydrogen (secondary N) is 1. The van der Waals surface area contributed by atoms with Crippen LogP contribution in [0.15, 0.2) is 23.2 Å². The van der Waals surface area contributed by atoms with Crippen LogP contribution < -0.4 is 10.1 Å². The summed E-state index contributed by atoms with van der Waals surface area (Å²) >= 11 is 0. The van der Waals surface area contributed by atoms with Gasteiger partial charge in [0.2, 0.25) is 0 Å². The lowest BCUT2D eigenvalue weighted by atomic mass is 10.2. The SMILES string of the molecule is CN=C(NCc1ccc(OC)c(F)c1)N1CCC(N2CCOCC2)C1. The van der Waals surface area contributed by atoms with Crippen molar-refractivity contribution >= 4 is 5.96 Å². The van der Waals surface area contributed by atoms with Crippen LogP contribution in [0.25, 0.3) is 0 Å². The van der Waals surface area contributed by atoms with E-state index in [2.05, 4.69) is 20.1 Å². The molecule has 1 unspecified atom stereocenters. The lowest BCUT2D eigenvalue weighted by Crippen LogP contribution is -2.46. The van der Waals surface area contributed by atoms with Gasteiger partial charge in [0.05, 0.1) is 20.3 Å². The molecule has 3 rings (SSSR count). The molecule has 1 aromatic carbocycles. The lowest BCUT2D eigenvalue weighted by molar-refractivity contribution is 0.0195. The van der Waals surface area contributed by atoms with Crippen LogP contribution >= 0.6 is 0 Å². The molecular weight excluding hydrogens is 323 g/mol. The molecule has 2 fully saturated rings. The minimum atomic E-state index is -0.342. The zero-order valence-electron chi connectivity index (χ0n) is 15.0. The quantitative estimate of drug-likeness (QED) is 0.656. The van der Waals surface area contributed by atoms with E-state index in [0.29, 0.717) is 12.6 Å². The number of ether oxygens (including phenoxy) is 2. The van der Waals surface area contributed by atoms with Gasteiger partial charge in [-0.1, -0.05) is 6.07 Å². The number of hydrogen-bond donors (Lipinski definition) is 1. The molecule has 2 aliphatic rings. The molecule has 1 atom stereocenters. The van der Waals surface area contributed by atoms with E-state index in [9.17, 15) is 4.39 Å². The molecular formula is C18H27FN4O2. The highest BCUT2D eigenvalue weighted by molar-refractivity contribution is 5.80. The van der Waals surface area contributed by atoms with Crippen molar-refractivity contribution in [1.29, 1.82) is 0 Å². The molecule has 0 amide bonds. The second kappa shape index (κ2) is 8.49. The minimum absolute atomic E-state index is 0.265. The summed E-state index contributed by atoms with van der Waals surface area (Å²) in [6.07, 6.45) is 1.14. The van der Waals surface area contributed by atoms with Crippen LogP contribution in [0.5, 0.6) is 5.75 Å². The monoisotopic (exact) mass is 350 g/mol. The Labute approximate surface area is 148 Å². The van der Waals surface area contributed by atoms with Crippen LogP contribution in [-0.2, 0) is 11.3 Å².